The highest BCUT2D eigenvalue weighted by molar-refractivity contribution is 7.13. The third-order valence-electron chi connectivity index (χ3n) is 3.96. The molecule has 1 atom stereocenters. The molecule has 3 rings (SSSR count). The van der Waals surface area contributed by atoms with Gasteiger partial charge in [-0.3, -0.25) is 4.79 Å². The summed E-state index contributed by atoms with van der Waals surface area (Å²) in [6.07, 6.45) is 3.65. The number of nitrogens with zero attached hydrogens (tertiary/aromatic N) is 5. The maximum Gasteiger partial charge on any atom is 0.273 e. The molecule has 7 heteroatoms. The Morgan fingerprint density at radius 3 is 2.85 bits per heavy atom. The van der Waals surface area contributed by atoms with Gasteiger partial charge in [-0.05, 0) is 26.0 Å². The Hall–Kier alpha value is -2.98. The normalized spacial score (nSPS) is 11.7. The number of hydrogen-bond acceptors (Lipinski definition) is 5. The van der Waals surface area contributed by atoms with Gasteiger partial charge in [0.05, 0.1) is 23.9 Å². The second-order valence-electron chi connectivity index (χ2n) is 5.92. The minimum absolute atomic E-state index is 0.146. The molecule has 0 N–H and O–H groups in total. The lowest BCUT2D eigenvalue weighted by atomic mass is 10.2. The Labute approximate surface area is 156 Å². The Morgan fingerprint density at radius 2 is 2.15 bits per heavy atom. The molecular weight excluding hydrogens is 346 g/mol. The molecule has 1 amide bonds. The number of carbonyl (C=O) groups excluding carboxylic acids is 1. The Bertz CT molecular complexity index is 925. The molecule has 0 aliphatic carbocycles. The number of rotatable bonds is 6. The lowest BCUT2D eigenvalue weighted by molar-refractivity contribution is 0.0747. The summed E-state index contributed by atoms with van der Waals surface area (Å²) in [5.74, 6) is -0.353. The van der Waals surface area contributed by atoms with Crippen molar-refractivity contribution in [3.8, 4) is 22.3 Å². The molecular formula is C19H19N5OS. The SMILES string of the molecule is CCN(CC(C)C#N)C(=O)c1csc(-c2cnn(-c3ccccc3)c2)n1. The van der Waals surface area contributed by atoms with E-state index in [9.17, 15) is 4.79 Å². The summed E-state index contributed by atoms with van der Waals surface area (Å²) < 4.78 is 1.78. The molecule has 0 spiro atoms. The van der Waals surface area contributed by atoms with Crippen LogP contribution in [-0.4, -0.2) is 38.7 Å². The molecule has 1 aromatic carbocycles. The van der Waals surface area contributed by atoms with E-state index < -0.39 is 0 Å². The van der Waals surface area contributed by atoms with Crippen LogP contribution in [0.2, 0.25) is 0 Å². The van der Waals surface area contributed by atoms with Crippen molar-refractivity contribution in [2.75, 3.05) is 13.1 Å². The van der Waals surface area contributed by atoms with Gasteiger partial charge >= 0.3 is 0 Å². The van der Waals surface area contributed by atoms with E-state index >= 15 is 0 Å². The number of amides is 1. The molecule has 0 bridgehead atoms. The lowest BCUT2D eigenvalue weighted by Gasteiger charge is -2.20. The van der Waals surface area contributed by atoms with Crippen molar-refractivity contribution in [1.29, 1.82) is 5.26 Å². The number of hydrogen-bond donors (Lipinski definition) is 0. The van der Waals surface area contributed by atoms with E-state index in [2.05, 4.69) is 16.2 Å². The van der Waals surface area contributed by atoms with Gasteiger partial charge < -0.3 is 4.90 Å². The number of carbonyl (C=O) groups is 1. The largest absolute Gasteiger partial charge is 0.336 e. The van der Waals surface area contributed by atoms with Crippen LogP contribution in [0.5, 0.6) is 0 Å². The Morgan fingerprint density at radius 1 is 1.38 bits per heavy atom. The maximum atomic E-state index is 12.6. The van der Waals surface area contributed by atoms with Gasteiger partial charge in [0.15, 0.2) is 0 Å². The zero-order chi connectivity index (χ0) is 18.5. The van der Waals surface area contributed by atoms with Gasteiger partial charge in [0.25, 0.3) is 5.91 Å². The fraction of sp³-hybridized carbons (Fsp3) is 0.263. The van der Waals surface area contributed by atoms with E-state index in [1.807, 2.05) is 43.5 Å². The predicted molar refractivity (Wildman–Crippen MR) is 101 cm³/mol. The van der Waals surface area contributed by atoms with E-state index in [1.54, 1.807) is 28.1 Å². The number of benzene rings is 1. The average Bonchev–Trinajstić information content (AvgIpc) is 3.35. The minimum atomic E-state index is -0.207. The number of thiazole rings is 1. The van der Waals surface area contributed by atoms with Gasteiger partial charge in [0.2, 0.25) is 0 Å². The summed E-state index contributed by atoms with van der Waals surface area (Å²) in [6.45, 7) is 4.66. The molecule has 2 heterocycles. The van der Waals surface area contributed by atoms with Crippen LogP contribution < -0.4 is 0 Å². The molecule has 0 aliphatic heterocycles. The quantitative estimate of drug-likeness (QED) is 0.669. The lowest BCUT2D eigenvalue weighted by Crippen LogP contribution is -2.34. The van der Waals surface area contributed by atoms with Crippen LogP contribution in [0.4, 0.5) is 0 Å². The second-order valence-corrected chi connectivity index (χ2v) is 6.78. The molecule has 6 nitrogen and oxygen atoms in total. The molecule has 0 radical (unpaired) electrons. The van der Waals surface area contributed by atoms with Crippen LogP contribution in [0.15, 0.2) is 48.1 Å². The number of aromatic nitrogens is 3. The molecule has 3 aromatic rings. The first kappa shape index (κ1) is 17.8. The van der Waals surface area contributed by atoms with Crippen molar-refractivity contribution in [2.45, 2.75) is 13.8 Å². The smallest absolute Gasteiger partial charge is 0.273 e. The molecule has 0 saturated carbocycles. The van der Waals surface area contributed by atoms with Crippen LogP contribution in [0.25, 0.3) is 16.3 Å². The van der Waals surface area contributed by atoms with Crippen LogP contribution in [0.3, 0.4) is 0 Å². The first-order valence-corrected chi connectivity index (χ1v) is 9.25. The summed E-state index contributed by atoms with van der Waals surface area (Å²) in [5, 5.41) is 15.9. The summed E-state index contributed by atoms with van der Waals surface area (Å²) in [4.78, 5) is 18.8. The van der Waals surface area contributed by atoms with E-state index in [1.165, 1.54) is 11.3 Å². The van der Waals surface area contributed by atoms with Crippen molar-refractivity contribution in [2.24, 2.45) is 5.92 Å². The van der Waals surface area contributed by atoms with Gasteiger partial charge in [-0.2, -0.15) is 10.4 Å². The third-order valence-corrected chi connectivity index (χ3v) is 4.85. The fourth-order valence-corrected chi connectivity index (χ4v) is 3.32. The predicted octanol–water partition coefficient (Wildman–Crippen LogP) is 3.62. The van der Waals surface area contributed by atoms with Crippen molar-refractivity contribution in [1.82, 2.24) is 19.7 Å². The average molecular weight is 365 g/mol. The third kappa shape index (κ3) is 3.81. The first-order valence-electron chi connectivity index (χ1n) is 8.37. The Kier molecular flexibility index (Phi) is 5.44. The van der Waals surface area contributed by atoms with Gasteiger partial charge in [-0.25, -0.2) is 9.67 Å². The van der Waals surface area contributed by atoms with Crippen molar-refractivity contribution >= 4 is 17.2 Å². The topological polar surface area (TPSA) is 74.8 Å². The highest BCUT2D eigenvalue weighted by Crippen LogP contribution is 2.25. The molecule has 26 heavy (non-hydrogen) atoms. The zero-order valence-electron chi connectivity index (χ0n) is 14.7. The maximum absolute atomic E-state index is 12.6. The summed E-state index contributed by atoms with van der Waals surface area (Å²) in [5.41, 5.74) is 2.24. The van der Waals surface area contributed by atoms with Crippen LogP contribution in [0.1, 0.15) is 24.3 Å². The van der Waals surface area contributed by atoms with Gasteiger partial charge in [0.1, 0.15) is 10.7 Å². The Balaban J connectivity index is 1.79. The minimum Gasteiger partial charge on any atom is -0.336 e. The molecule has 132 valence electrons. The van der Waals surface area contributed by atoms with E-state index in [-0.39, 0.29) is 11.8 Å². The van der Waals surface area contributed by atoms with Crippen LogP contribution in [-0.2, 0) is 0 Å². The molecule has 0 saturated heterocycles. The highest BCUT2D eigenvalue weighted by atomic mass is 32.1. The van der Waals surface area contributed by atoms with Crippen molar-refractivity contribution < 1.29 is 4.79 Å². The molecule has 0 aliphatic rings. The van der Waals surface area contributed by atoms with E-state index in [0.717, 1.165) is 16.3 Å². The van der Waals surface area contributed by atoms with Crippen molar-refractivity contribution in [3.63, 3.8) is 0 Å². The molecule has 0 fully saturated rings. The highest BCUT2D eigenvalue weighted by Gasteiger charge is 2.20. The van der Waals surface area contributed by atoms with Crippen molar-refractivity contribution in [3.05, 3.63) is 53.8 Å². The first-order chi connectivity index (χ1) is 12.6. The standard InChI is InChI=1S/C19H19N5OS/c1-3-23(11-14(2)9-20)19(25)17-13-26-18(22-17)15-10-21-24(12-15)16-7-5-4-6-8-16/h4-8,10,12-14H,3,11H2,1-2H3. The molecule has 2 aromatic heterocycles. The fourth-order valence-electron chi connectivity index (χ4n) is 2.55. The molecule has 1 unspecified atom stereocenters. The van der Waals surface area contributed by atoms with E-state index in [0.29, 0.717) is 18.8 Å². The van der Waals surface area contributed by atoms with E-state index in [4.69, 9.17) is 5.26 Å². The zero-order valence-corrected chi connectivity index (χ0v) is 15.5. The van der Waals surface area contributed by atoms with Crippen LogP contribution >= 0.6 is 11.3 Å². The van der Waals surface area contributed by atoms with Gasteiger partial charge in [0, 0.05) is 30.2 Å². The van der Waals surface area contributed by atoms with Crippen LogP contribution in [0, 0.1) is 17.2 Å². The van der Waals surface area contributed by atoms with Gasteiger partial charge in [-0.1, -0.05) is 18.2 Å². The monoisotopic (exact) mass is 365 g/mol. The number of para-hydroxylation sites is 1. The second kappa shape index (κ2) is 7.93. The summed E-state index contributed by atoms with van der Waals surface area (Å²) >= 11 is 1.42. The van der Waals surface area contributed by atoms with Gasteiger partial charge in [-0.15, -0.1) is 11.3 Å². The summed E-state index contributed by atoms with van der Waals surface area (Å²) in [6, 6.07) is 12.0. The number of nitriles is 1. The summed E-state index contributed by atoms with van der Waals surface area (Å²) in [7, 11) is 0.